The van der Waals surface area contributed by atoms with Crippen molar-refractivity contribution in [1.29, 1.82) is 0 Å². The van der Waals surface area contributed by atoms with Crippen LogP contribution in [0.4, 0.5) is 0 Å². The Morgan fingerprint density at radius 1 is 1.19 bits per heavy atom. The normalized spacial score (nSPS) is 12.1. The molecule has 0 saturated carbocycles. The Kier molecular flexibility index (Phi) is 4.85. The first kappa shape index (κ1) is 15.3. The van der Waals surface area contributed by atoms with Crippen molar-refractivity contribution >= 4 is 17.9 Å². The molecule has 0 aliphatic heterocycles. The highest BCUT2D eigenvalue weighted by molar-refractivity contribution is 7.96. The molecule has 0 aromatic heterocycles. The summed E-state index contributed by atoms with van der Waals surface area (Å²) in [6.45, 7) is 12.1. The van der Waals surface area contributed by atoms with Gasteiger partial charge in [0, 0.05) is 5.25 Å². The fraction of sp³-hybridized carbons (Fsp3) is 0.667. The van der Waals surface area contributed by atoms with Gasteiger partial charge in [0.05, 0.1) is 0 Å². The summed E-state index contributed by atoms with van der Waals surface area (Å²) in [6.07, 6.45) is 0. The lowest BCUT2D eigenvalue weighted by molar-refractivity contribution is 0.609. The van der Waals surface area contributed by atoms with Crippen LogP contribution < -0.4 is 0 Å². The van der Waals surface area contributed by atoms with Crippen molar-refractivity contribution in [2.24, 2.45) is 0 Å². The lowest BCUT2D eigenvalue weighted by Crippen LogP contribution is -2.35. The minimum atomic E-state index is -3.34. The first-order valence-corrected chi connectivity index (χ1v) is 9.83. The molecule has 0 amide bonds. The number of rotatable bonds is 1. The highest BCUT2D eigenvalue weighted by Gasteiger charge is 2.34. The predicted molar refractivity (Wildman–Crippen MR) is 72.2 cm³/mol. The predicted octanol–water partition coefficient (Wildman–Crippen LogP) is 2.43. The third kappa shape index (κ3) is 4.87. The fourth-order valence-corrected chi connectivity index (χ4v) is 3.02. The van der Waals surface area contributed by atoms with Gasteiger partial charge in [0.2, 0.25) is 9.84 Å². The van der Waals surface area contributed by atoms with E-state index in [0.717, 1.165) is 0 Å². The van der Waals surface area contributed by atoms with Crippen molar-refractivity contribution in [2.75, 3.05) is 5.75 Å². The van der Waals surface area contributed by atoms with Gasteiger partial charge < -0.3 is 0 Å². The molecule has 90 valence electrons. The van der Waals surface area contributed by atoms with Gasteiger partial charge in [-0.3, -0.25) is 0 Å². The van der Waals surface area contributed by atoms with Crippen molar-refractivity contribution in [3.63, 3.8) is 0 Å². The molecule has 0 atom stereocenters. The quantitative estimate of drug-likeness (QED) is 0.533. The summed E-state index contributed by atoms with van der Waals surface area (Å²) in [5.74, 6) is 4.94. The minimum absolute atomic E-state index is 0.0754. The van der Waals surface area contributed by atoms with E-state index in [4.69, 9.17) is 0 Å². The molecule has 0 unspecified atom stereocenters. The van der Waals surface area contributed by atoms with Crippen LogP contribution in [0.5, 0.6) is 0 Å². The minimum Gasteiger partial charge on any atom is -0.214 e. The smallest absolute Gasteiger partial charge is 0.214 e. The van der Waals surface area contributed by atoms with Crippen LogP contribution in [-0.4, -0.2) is 22.2 Å². The van der Waals surface area contributed by atoms with E-state index in [9.17, 15) is 8.42 Å². The molecule has 0 radical (unpaired) electrons. The third-order valence-corrected chi connectivity index (χ3v) is 8.45. The molecule has 0 bridgehead atoms. The number of hydrogen-bond acceptors (Lipinski definition) is 2. The summed E-state index contributed by atoms with van der Waals surface area (Å²) in [4.78, 5) is 0. The van der Waals surface area contributed by atoms with Crippen LogP contribution in [0.15, 0.2) is 0 Å². The second-order valence-electron chi connectivity index (χ2n) is 5.29. The Hall–Kier alpha value is -0.713. The summed E-state index contributed by atoms with van der Waals surface area (Å²) in [7, 11) is -5.18. The van der Waals surface area contributed by atoms with Crippen molar-refractivity contribution in [1.82, 2.24) is 0 Å². The molecular weight excluding hydrogens is 236 g/mol. The maximum absolute atomic E-state index is 11.5. The molecule has 0 aromatic rings. The van der Waals surface area contributed by atoms with Gasteiger partial charge in [-0.05, 0) is 12.0 Å². The number of sulfone groups is 1. The largest absolute Gasteiger partial charge is 0.227 e. The molecule has 0 aliphatic carbocycles. The van der Waals surface area contributed by atoms with Crippen molar-refractivity contribution < 1.29 is 8.42 Å². The average molecular weight is 256 g/mol. The molecule has 0 heterocycles. The Balaban J connectivity index is 5.06. The Labute approximate surface area is 101 Å². The van der Waals surface area contributed by atoms with E-state index >= 15 is 0 Å². The second-order valence-corrected chi connectivity index (χ2v) is 12.0. The Bertz CT molecular complexity index is 459. The maximum Gasteiger partial charge on any atom is 0.227 e. The van der Waals surface area contributed by atoms with Gasteiger partial charge in [-0.2, -0.15) is 0 Å². The monoisotopic (exact) mass is 256 g/mol. The van der Waals surface area contributed by atoms with E-state index in [2.05, 4.69) is 56.5 Å². The third-order valence-electron chi connectivity index (χ3n) is 2.83. The van der Waals surface area contributed by atoms with E-state index in [1.165, 1.54) is 0 Å². The van der Waals surface area contributed by atoms with E-state index in [1.54, 1.807) is 6.92 Å². The molecule has 0 aliphatic rings. The van der Waals surface area contributed by atoms with Crippen LogP contribution in [-0.2, 0) is 9.84 Å². The summed E-state index contributed by atoms with van der Waals surface area (Å²) < 4.78 is 23.0. The Morgan fingerprint density at radius 2 is 1.69 bits per heavy atom. The zero-order valence-electron chi connectivity index (χ0n) is 10.9. The van der Waals surface area contributed by atoms with Crippen LogP contribution in [0.2, 0.25) is 18.1 Å². The molecule has 0 fully saturated rings. The summed E-state index contributed by atoms with van der Waals surface area (Å²) in [5, 5.41) is 2.50. The van der Waals surface area contributed by atoms with Crippen LogP contribution in [0.25, 0.3) is 0 Å². The lowest BCUT2D eigenvalue weighted by Gasteiger charge is -2.31. The molecule has 4 heteroatoms. The van der Waals surface area contributed by atoms with Crippen molar-refractivity contribution in [3.05, 3.63) is 0 Å². The maximum atomic E-state index is 11.5. The zero-order valence-corrected chi connectivity index (χ0v) is 12.7. The SMILES string of the molecule is CC#CCS(=O)(=O)C#C[Si](C)(C)C(C)(C)C. The summed E-state index contributed by atoms with van der Waals surface area (Å²) in [6, 6.07) is 0. The van der Waals surface area contributed by atoms with Crippen molar-refractivity contribution in [3.8, 4) is 22.6 Å². The van der Waals surface area contributed by atoms with Gasteiger partial charge >= 0.3 is 0 Å². The Morgan fingerprint density at radius 3 is 2.06 bits per heavy atom. The van der Waals surface area contributed by atoms with E-state index < -0.39 is 17.9 Å². The second kappa shape index (κ2) is 5.08. The molecule has 0 aromatic carbocycles. The topological polar surface area (TPSA) is 34.1 Å². The lowest BCUT2D eigenvalue weighted by atomic mass is 10.2. The van der Waals surface area contributed by atoms with Gasteiger partial charge in [-0.25, -0.2) is 8.42 Å². The molecule has 16 heavy (non-hydrogen) atoms. The first-order valence-electron chi connectivity index (χ1n) is 5.18. The van der Waals surface area contributed by atoms with E-state index in [1.807, 2.05) is 0 Å². The van der Waals surface area contributed by atoms with Crippen LogP contribution in [0, 0.1) is 22.6 Å². The van der Waals surface area contributed by atoms with E-state index in [0.29, 0.717) is 0 Å². The highest BCUT2D eigenvalue weighted by atomic mass is 32.2. The summed E-state index contributed by atoms with van der Waals surface area (Å²) in [5.41, 5.74) is 2.98. The zero-order chi connectivity index (χ0) is 13.0. The van der Waals surface area contributed by atoms with Gasteiger partial charge in [-0.15, -0.1) is 11.5 Å². The molecular formula is C12H20O2SSi. The molecule has 0 N–H and O–H groups in total. The molecule has 0 rings (SSSR count). The van der Waals surface area contributed by atoms with Crippen LogP contribution in [0.1, 0.15) is 27.7 Å². The van der Waals surface area contributed by atoms with E-state index in [-0.39, 0.29) is 10.8 Å². The van der Waals surface area contributed by atoms with Gasteiger partial charge in [0.1, 0.15) is 13.8 Å². The van der Waals surface area contributed by atoms with Crippen LogP contribution in [0.3, 0.4) is 0 Å². The first-order chi connectivity index (χ1) is 7.02. The van der Waals surface area contributed by atoms with Gasteiger partial charge in [0.15, 0.2) is 0 Å². The number of hydrogen-bond donors (Lipinski definition) is 0. The van der Waals surface area contributed by atoms with Crippen LogP contribution >= 0.6 is 0 Å². The molecule has 2 nitrogen and oxygen atoms in total. The van der Waals surface area contributed by atoms with Crippen molar-refractivity contribution in [2.45, 2.75) is 45.8 Å². The molecule has 0 saturated heterocycles. The highest BCUT2D eigenvalue weighted by Crippen LogP contribution is 2.35. The fourth-order valence-electron chi connectivity index (χ4n) is 0.596. The van der Waals surface area contributed by atoms with Gasteiger partial charge in [-0.1, -0.05) is 39.8 Å². The average Bonchev–Trinajstić information content (AvgIpc) is 2.10. The van der Waals surface area contributed by atoms with Gasteiger partial charge in [0.25, 0.3) is 0 Å². The molecule has 0 spiro atoms. The standard InChI is InChI=1S/C12H20O2SSi/c1-7-8-9-15(13,14)10-11-16(5,6)12(2,3)4/h9H2,1-6H3. The summed E-state index contributed by atoms with van der Waals surface area (Å²) >= 11 is 0.